The van der Waals surface area contributed by atoms with E-state index in [1.165, 1.54) is 0 Å². The third-order valence-corrected chi connectivity index (χ3v) is 3.70. The van der Waals surface area contributed by atoms with E-state index in [0.717, 1.165) is 5.56 Å². The lowest BCUT2D eigenvalue weighted by molar-refractivity contribution is -0.121. The summed E-state index contributed by atoms with van der Waals surface area (Å²) in [6.45, 7) is 2.27. The first-order chi connectivity index (χ1) is 11.1. The van der Waals surface area contributed by atoms with Gasteiger partial charge in [-0.25, -0.2) is 0 Å². The van der Waals surface area contributed by atoms with E-state index in [2.05, 4.69) is 5.32 Å². The maximum atomic E-state index is 12.0. The number of hydrogen-bond donors (Lipinski definition) is 2. The van der Waals surface area contributed by atoms with Crippen LogP contribution in [-0.2, 0) is 4.79 Å². The average molecular weight is 369 g/mol. The molecular formula is C18H22Cl2N2O2. The Labute approximate surface area is 153 Å². The van der Waals surface area contributed by atoms with Crippen molar-refractivity contribution in [1.29, 1.82) is 0 Å². The number of nitrogens with two attached hydrogens (primary N) is 1. The molecule has 0 heterocycles. The van der Waals surface area contributed by atoms with Crippen molar-refractivity contribution in [3.63, 3.8) is 0 Å². The second kappa shape index (κ2) is 10.2. The zero-order valence-corrected chi connectivity index (χ0v) is 15.0. The van der Waals surface area contributed by atoms with Crippen molar-refractivity contribution in [2.24, 2.45) is 5.73 Å². The molecule has 2 aromatic rings. The Hall–Kier alpha value is -1.75. The molecule has 0 fully saturated rings. The number of ether oxygens (including phenoxy) is 1. The molecule has 0 aromatic heterocycles. The van der Waals surface area contributed by atoms with Crippen molar-refractivity contribution in [2.75, 3.05) is 6.54 Å². The third-order valence-electron chi connectivity index (χ3n) is 3.38. The number of rotatable bonds is 7. The molecule has 0 aliphatic heterocycles. The Balaban J connectivity index is 0.00000288. The summed E-state index contributed by atoms with van der Waals surface area (Å²) >= 11 is 6.04. The van der Waals surface area contributed by atoms with Gasteiger partial charge in [0.05, 0.1) is 11.6 Å². The van der Waals surface area contributed by atoms with E-state index in [1.54, 1.807) is 12.1 Å². The van der Waals surface area contributed by atoms with Crippen molar-refractivity contribution in [3.8, 4) is 5.75 Å². The maximum Gasteiger partial charge on any atom is 0.222 e. The number of amides is 1. The molecule has 1 amide bonds. The Morgan fingerprint density at radius 2 is 1.79 bits per heavy atom. The van der Waals surface area contributed by atoms with Crippen LogP contribution >= 0.6 is 24.0 Å². The summed E-state index contributed by atoms with van der Waals surface area (Å²) in [4.78, 5) is 12.0. The third kappa shape index (κ3) is 6.40. The number of hydrogen-bond acceptors (Lipinski definition) is 3. The minimum absolute atomic E-state index is 0. The summed E-state index contributed by atoms with van der Waals surface area (Å²) < 4.78 is 5.71. The summed E-state index contributed by atoms with van der Waals surface area (Å²) in [7, 11) is 0. The largest absolute Gasteiger partial charge is 0.487 e. The van der Waals surface area contributed by atoms with Crippen LogP contribution < -0.4 is 15.8 Å². The van der Waals surface area contributed by atoms with Gasteiger partial charge in [-0.05, 0) is 24.6 Å². The van der Waals surface area contributed by atoms with Crippen LogP contribution in [0.25, 0.3) is 0 Å². The predicted molar refractivity (Wildman–Crippen MR) is 99.8 cm³/mol. The summed E-state index contributed by atoms with van der Waals surface area (Å²) in [6.07, 6.45) is 0.0508. The average Bonchev–Trinajstić information content (AvgIpc) is 2.56. The lowest BCUT2D eigenvalue weighted by Gasteiger charge is -2.17. The number of carbonyl (C=O) groups is 1. The van der Waals surface area contributed by atoms with Gasteiger partial charge in [-0.1, -0.05) is 54.1 Å². The van der Waals surface area contributed by atoms with E-state index in [1.807, 2.05) is 49.4 Å². The number of carbonyl (C=O) groups excluding carboxylic acids is 1. The molecule has 4 nitrogen and oxygen atoms in total. The first-order valence-electron chi connectivity index (χ1n) is 7.54. The van der Waals surface area contributed by atoms with E-state index in [9.17, 15) is 4.79 Å². The fourth-order valence-corrected chi connectivity index (χ4v) is 2.33. The number of benzene rings is 2. The zero-order chi connectivity index (χ0) is 16.7. The molecule has 0 aliphatic carbocycles. The standard InChI is InChI=1S/C18H21ClN2O2.ClH/c1-13(23-17-10-6-5-9-15(17)19)12-21-18(22)11-16(20)14-7-3-2-4-8-14;/h2-10,13,16H,11-12,20H2,1H3,(H,21,22);1H. The maximum absolute atomic E-state index is 12.0. The smallest absolute Gasteiger partial charge is 0.222 e. The summed E-state index contributed by atoms with van der Waals surface area (Å²) in [6, 6.07) is 16.5. The van der Waals surface area contributed by atoms with Gasteiger partial charge in [0.25, 0.3) is 0 Å². The van der Waals surface area contributed by atoms with Crippen LogP contribution in [0.3, 0.4) is 0 Å². The summed E-state index contributed by atoms with van der Waals surface area (Å²) in [5.74, 6) is 0.507. The fraction of sp³-hybridized carbons (Fsp3) is 0.278. The predicted octanol–water partition coefficient (Wildman–Crippen LogP) is 3.74. The molecular weight excluding hydrogens is 347 g/mol. The number of halogens is 2. The van der Waals surface area contributed by atoms with Crippen molar-refractivity contribution in [1.82, 2.24) is 5.32 Å². The molecule has 24 heavy (non-hydrogen) atoms. The highest BCUT2D eigenvalue weighted by Gasteiger charge is 2.13. The van der Waals surface area contributed by atoms with E-state index in [4.69, 9.17) is 22.1 Å². The molecule has 6 heteroatoms. The molecule has 2 unspecified atom stereocenters. The highest BCUT2D eigenvalue weighted by atomic mass is 35.5. The van der Waals surface area contributed by atoms with Gasteiger partial charge in [-0.3, -0.25) is 4.79 Å². The minimum Gasteiger partial charge on any atom is -0.487 e. The van der Waals surface area contributed by atoms with Gasteiger partial charge in [0.15, 0.2) is 0 Å². The SMILES string of the molecule is CC(CNC(=O)CC(N)c1ccccc1)Oc1ccccc1Cl.Cl. The Morgan fingerprint density at radius 1 is 1.17 bits per heavy atom. The lowest BCUT2D eigenvalue weighted by atomic mass is 10.0. The van der Waals surface area contributed by atoms with Crippen LogP contribution in [-0.4, -0.2) is 18.6 Å². The summed E-state index contributed by atoms with van der Waals surface area (Å²) in [5.41, 5.74) is 6.98. The van der Waals surface area contributed by atoms with Gasteiger partial charge >= 0.3 is 0 Å². The van der Waals surface area contributed by atoms with E-state index < -0.39 is 0 Å². The quantitative estimate of drug-likeness (QED) is 0.782. The zero-order valence-electron chi connectivity index (χ0n) is 13.4. The van der Waals surface area contributed by atoms with Crippen LogP contribution in [0.15, 0.2) is 54.6 Å². The highest BCUT2D eigenvalue weighted by molar-refractivity contribution is 6.32. The number of nitrogens with one attached hydrogen (secondary N) is 1. The van der Waals surface area contributed by atoms with Crippen LogP contribution in [0.1, 0.15) is 24.9 Å². The van der Waals surface area contributed by atoms with Crippen LogP contribution in [0.4, 0.5) is 0 Å². The van der Waals surface area contributed by atoms with Crippen molar-refractivity contribution in [3.05, 3.63) is 65.2 Å². The molecule has 2 aromatic carbocycles. The Morgan fingerprint density at radius 3 is 2.46 bits per heavy atom. The molecule has 0 bridgehead atoms. The van der Waals surface area contributed by atoms with E-state index >= 15 is 0 Å². The lowest BCUT2D eigenvalue weighted by Crippen LogP contribution is -2.35. The molecule has 0 saturated carbocycles. The molecule has 0 radical (unpaired) electrons. The van der Waals surface area contributed by atoms with Crippen LogP contribution in [0, 0.1) is 0 Å². The number of para-hydroxylation sites is 1. The molecule has 0 saturated heterocycles. The first-order valence-corrected chi connectivity index (χ1v) is 7.92. The fourth-order valence-electron chi connectivity index (χ4n) is 2.15. The second-order valence-corrected chi connectivity index (χ2v) is 5.79. The molecule has 130 valence electrons. The van der Waals surface area contributed by atoms with Crippen molar-refractivity contribution >= 4 is 29.9 Å². The van der Waals surface area contributed by atoms with E-state index in [-0.39, 0.29) is 36.9 Å². The first kappa shape index (κ1) is 20.3. The monoisotopic (exact) mass is 368 g/mol. The minimum atomic E-state index is -0.309. The molecule has 3 N–H and O–H groups in total. The van der Waals surface area contributed by atoms with Gasteiger partial charge in [0.2, 0.25) is 5.91 Å². The van der Waals surface area contributed by atoms with Gasteiger partial charge in [-0.2, -0.15) is 0 Å². The van der Waals surface area contributed by atoms with Gasteiger partial charge in [0.1, 0.15) is 11.9 Å². The van der Waals surface area contributed by atoms with Crippen molar-refractivity contribution < 1.29 is 9.53 Å². The Bertz CT molecular complexity index is 638. The van der Waals surface area contributed by atoms with Gasteiger partial charge in [-0.15, -0.1) is 12.4 Å². The normalized spacial score (nSPS) is 12.6. The van der Waals surface area contributed by atoms with Gasteiger partial charge in [0, 0.05) is 12.5 Å². The van der Waals surface area contributed by atoms with E-state index in [0.29, 0.717) is 17.3 Å². The molecule has 2 atom stereocenters. The second-order valence-electron chi connectivity index (χ2n) is 5.38. The van der Waals surface area contributed by atoms with Crippen LogP contribution in [0.5, 0.6) is 5.75 Å². The highest BCUT2D eigenvalue weighted by Crippen LogP contribution is 2.24. The van der Waals surface area contributed by atoms with Crippen LogP contribution in [0.2, 0.25) is 5.02 Å². The Kier molecular flexibility index (Phi) is 8.61. The summed E-state index contributed by atoms with van der Waals surface area (Å²) in [5, 5.41) is 3.39. The molecule has 0 spiro atoms. The van der Waals surface area contributed by atoms with Gasteiger partial charge < -0.3 is 15.8 Å². The molecule has 0 aliphatic rings. The topological polar surface area (TPSA) is 64.4 Å². The van der Waals surface area contributed by atoms with Crippen molar-refractivity contribution in [2.45, 2.75) is 25.5 Å². The molecule has 2 rings (SSSR count).